The average molecular weight is 608 g/mol. The van der Waals surface area contributed by atoms with Crippen LogP contribution in [0.5, 0.6) is 0 Å². The predicted octanol–water partition coefficient (Wildman–Crippen LogP) is 5.02. The summed E-state index contributed by atoms with van der Waals surface area (Å²) < 4.78 is 41.2. The summed E-state index contributed by atoms with van der Waals surface area (Å²) in [6.07, 6.45) is 1.92. The Morgan fingerprint density at radius 3 is 2.51 bits per heavy atom. The molecule has 11 heteroatoms. The highest BCUT2D eigenvalue weighted by molar-refractivity contribution is 5.97. The number of nitrogens with zero attached hydrogens (tertiary/aromatic N) is 5. The van der Waals surface area contributed by atoms with Crippen LogP contribution in [0.4, 0.5) is 19.3 Å². The van der Waals surface area contributed by atoms with Gasteiger partial charge in [0.05, 0.1) is 31.1 Å². The summed E-state index contributed by atoms with van der Waals surface area (Å²) in [5.41, 5.74) is -0.101. The zero-order chi connectivity index (χ0) is 31.7. The molecule has 0 spiro atoms. The van der Waals surface area contributed by atoms with E-state index in [1.807, 2.05) is 41.5 Å². The van der Waals surface area contributed by atoms with E-state index < -0.39 is 16.9 Å². The maximum atomic E-state index is 14.9. The summed E-state index contributed by atoms with van der Waals surface area (Å²) in [6.45, 7) is 19.6. The molecule has 43 heavy (non-hydrogen) atoms. The van der Waals surface area contributed by atoms with Crippen LogP contribution in [0.1, 0.15) is 85.9 Å². The third-order valence-corrected chi connectivity index (χ3v) is 8.83. The number of alkyl halides is 2. The number of pyridine rings is 1. The molecule has 2 amide bonds. The number of aromatic nitrogens is 1. The van der Waals surface area contributed by atoms with Crippen molar-refractivity contribution in [1.29, 1.82) is 0 Å². The molecule has 2 saturated heterocycles. The maximum absolute atomic E-state index is 14.9. The van der Waals surface area contributed by atoms with Crippen LogP contribution in [-0.4, -0.2) is 108 Å². The number of piperazine rings is 1. The summed E-state index contributed by atoms with van der Waals surface area (Å²) in [4.78, 5) is 39.7. The smallest absolute Gasteiger partial charge is 0.410 e. The first-order chi connectivity index (χ1) is 20.1. The highest BCUT2D eigenvalue weighted by Crippen LogP contribution is 2.43. The fraction of sp³-hybridized carbons (Fsp3) is 0.781. The number of hydrogen-bond donors (Lipinski definition) is 0. The van der Waals surface area contributed by atoms with E-state index in [0.717, 1.165) is 13.0 Å². The number of ether oxygens (including phenoxy) is 2. The van der Waals surface area contributed by atoms with Crippen LogP contribution in [-0.2, 0) is 25.6 Å². The molecule has 3 aliphatic heterocycles. The minimum Gasteiger partial charge on any atom is -0.444 e. The first kappa shape index (κ1) is 33.5. The van der Waals surface area contributed by atoms with Gasteiger partial charge in [-0.2, -0.15) is 0 Å². The van der Waals surface area contributed by atoms with Gasteiger partial charge in [0.2, 0.25) is 5.91 Å². The van der Waals surface area contributed by atoms with Gasteiger partial charge in [-0.3, -0.25) is 19.6 Å². The third kappa shape index (κ3) is 7.65. The number of carbonyl (C=O) groups excluding carboxylic acids is 2. The number of halogens is 2. The Kier molecular flexibility index (Phi) is 10.1. The van der Waals surface area contributed by atoms with Crippen molar-refractivity contribution in [3.8, 4) is 0 Å². The Balaban J connectivity index is 1.59. The van der Waals surface area contributed by atoms with Crippen molar-refractivity contribution in [1.82, 2.24) is 19.7 Å². The fourth-order valence-corrected chi connectivity index (χ4v) is 6.50. The number of fused-ring (bicyclic) bond motifs is 1. The molecule has 3 atom stereocenters. The number of hydrogen-bond acceptors (Lipinski definition) is 7. The Bertz CT molecular complexity index is 1160. The second kappa shape index (κ2) is 12.9. The van der Waals surface area contributed by atoms with E-state index in [2.05, 4.69) is 21.7 Å². The molecule has 0 aliphatic carbocycles. The first-order valence-electron chi connectivity index (χ1n) is 15.8. The number of morpholine rings is 1. The second-order valence-corrected chi connectivity index (χ2v) is 14.1. The summed E-state index contributed by atoms with van der Waals surface area (Å²) in [7, 11) is 0. The van der Waals surface area contributed by atoms with Crippen LogP contribution in [0.2, 0.25) is 0 Å². The quantitative estimate of drug-likeness (QED) is 0.411. The molecule has 1 aromatic heterocycles. The van der Waals surface area contributed by atoms with Gasteiger partial charge in [0.1, 0.15) is 5.60 Å². The Labute approximate surface area is 255 Å². The van der Waals surface area contributed by atoms with E-state index in [1.165, 1.54) is 12.3 Å². The van der Waals surface area contributed by atoms with Crippen LogP contribution >= 0.6 is 0 Å². The summed E-state index contributed by atoms with van der Waals surface area (Å²) in [5.74, 6) is -3.16. The van der Waals surface area contributed by atoms with Gasteiger partial charge < -0.3 is 19.3 Å². The minimum absolute atomic E-state index is 0.114. The lowest BCUT2D eigenvalue weighted by Gasteiger charge is -2.48. The van der Waals surface area contributed by atoms with Gasteiger partial charge in [-0.05, 0) is 40.2 Å². The summed E-state index contributed by atoms with van der Waals surface area (Å²) in [5, 5.41) is 0. The standard InChI is InChI=1S/C32H51F2N5O4/c1-9-11-32(33,34)23-14-26-28(35-15-23)31(7,8)21-39(26)27(40)19-37-16-22(3)38(29(41)43-30(4,5)6)18-25(37)17-36-12-13-42-20-24(36)10-2/h14-15,22,24-25H,9-13,16-21H2,1-8H3/t22-,24-,25+/m1/s1. The van der Waals surface area contributed by atoms with E-state index >= 15 is 0 Å². The fourth-order valence-electron chi connectivity index (χ4n) is 6.50. The summed E-state index contributed by atoms with van der Waals surface area (Å²) in [6, 6.07) is 1.44. The van der Waals surface area contributed by atoms with Gasteiger partial charge in [-0.15, -0.1) is 0 Å². The largest absolute Gasteiger partial charge is 0.444 e. The van der Waals surface area contributed by atoms with Crippen LogP contribution in [0.3, 0.4) is 0 Å². The van der Waals surface area contributed by atoms with Gasteiger partial charge in [0.25, 0.3) is 5.92 Å². The van der Waals surface area contributed by atoms with Crippen molar-refractivity contribution in [2.24, 2.45) is 0 Å². The van der Waals surface area contributed by atoms with Crippen LogP contribution in [0, 0.1) is 0 Å². The molecular weight excluding hydrogens is 556 g/mol. The molecule has 2 fully saturated rings. The molecular formula is C32H51F2N5O4. The van der Waals surface area contributed by atoms with Gasteiger partial charge in [-0.1, -0.05) is 34.1 Å². The van der Waals surface area contributed by atoms with E-state index in [9.17, 15) is 18.4 Å². The topological polar surface area (TPSA) is 78.5 Å². The lowest BCUT2D eigenvalue weighted by molar-refractivity contribution is -0.122. The van der Waals surface area contributed by atoms with Crippen molar-refractivity contribution in [2.75, 3.05) is 57.4 Å². The molecule has 1 aromatic rings. The molecule has 242 valence electrons. The first-order valence-corrected chi connectivity index (χ1v) is 15.8. The maximum Gasteiger partial charge on any atom is 0.410 e. The predicted molar refractivity (Wildman–Crippen MR) is 163 cm³/mol. The summed E-state index contributed by atoms with van der Waals surface area (Å²) >= 11 is 0. The zero-order valence-corrected chi connectivity index (χ0v) is 27.3. The number of amides is 2. The van der Waals surface area contributed by atoms with Gasteiger partial charge >= 0.3 is 6.09 Å². The monoisotopic (exact) mass is 607 g/mol. The number of rotatable bonds is 8. The van der Waals surface area contributed by atoms with Crippen molar-refractivity contribution in [3.63, 3.8) is 0 Å². The van der Waals surface area contributed by atoms with Gasteiger partial charge in [-0.25, -0.2) is 13.6 Å². The zero-order valence-electron chi connectivity index (χ0n) is 27.3. The van der Waals surface area contributed by atoms with E-state index in [-0.39, 0.29) is 48.7 Å². The highest BCUT2D eigenvalue weighted by atomic mass is 19.3. The molecule has 4 rings (SSSR count). The SMILES string of the molecule is CCCC(F)(F)c1cnc2c(c1)N(C(=O)CN1C[C@@H](C)N(C(=O)OC(C)(C)C)C[C@@H]1CN1CCOC[C@H]1CC)CC2(C)C. The van der Waals surface area contributed by atoms with Crippen LogP contribution < -0.4 is 4.90 Å². The third-order valence-electron chi connectivity index (χ3n) is 8.83. The Morgan fingerprint density at radius 2 is 1.86 bits per heavy atom. The highest BCUT2D eigenvalue weighted by Gasteiger charge is 2.44. The van der Waals surface area contributed by atoms with Crippen molar-refractivity contribution in [2.45, 2.75) is 110 Å². The van der Waals surface area contributed by atoms with Gasteiger partial charge in [0.15, 0.2) is 0 Å². The normalized spacial score (nSPS) is 25.1. The molecule has 0 aromatic carbocycles. The minimum atomic E-state index is -3.01. The van der Waals surface area contributed by atoms with E-state index in [0.29, 0.717) is 57.2 Å². The molecule has 0 saturated carbocycles. The molecule has 0 unspecified atom stereocenters. The molecule has 3 aliphatic rings. The second-order valence-electron chi connectivity index (χ2n) is 14.1. The molecule has 9 nitrogen and oxygen atoms in total. The van der Waals surface area contributed by atoms with Crippen molar-refractivity contribution in [3.05, 3.63) is 23.5 Å². The van der Waals surface area contributed by atoms with Crippen molar-refractivity contribution >= 4 is 17.7 Å². The van der Waals surface area contributed by atoms with Crippen LogP contribution in [0.25, 0.3) is 0 Å². The Morgan fingerprint density at radius 1 is 1.14 bits per heavy atom. The molecule has 0 radical (unpaired) electrons. The van der Waals surface area contributed by atoms with Crippen LogP contribution in [0.15, 0.2) is 12.3 Å². The molecule has 0 bridgehead atoms. The average Bonchev–Trinajstić information content (AvgIpc) is 3.19. The lowest BCUT2D eigenvalue weighted by atomic mass is 9.91. The number of carbonyl (C=O) groups is 2. The molecule has 0 N–H and O–H groups in total. The van der Waals surface area contributed by atoms with Crippen molar-refractivity contribution < 1.29 is 27.8 Å². The van der Waals surface area contributed by atoms with Gasteiger partial charge in [0, 0.05) is 74.4 Å². The lowest BCUT2D eigenvalue weighted by Crippen LogP contribution is -2.64. The molecule has 4 heterocycles. The Hall–Kier alpha value is -2.37. The number of anilines is 1. The van der Waals surface area contributed by atoms with E-state index in [4.69, 9.17) is 9.47 Å². The van der Waals surface area contributed by atoms with E-state index in [1.54, 1.807) is 16.7 Å².